The monoisotopic (exact) mass is 175 g/mol. The van der Waals surface area contributed by atoms with Gasteiger partial charge >= 0.3 is 11.4 Å². The number of aromatic nitrogens is 2. The fourth-order valence-electron chi connectivity index (χ4n) is 0.494. The van der Waals surface area contributed by atoms with Crippen LogP contribution in [0.5, 0.6) is 0 Å². The van der Waals surface area contributed by atoms with E-state index >= 15 is 0 Å². The number of nitro groups is 1. The average Bonchev–Trinajstić information content (AvgIpc) is 1.85. The molecule has 0 fully saturated rings. The van der Waals surface area contributed by atoms with Gasteiger partial charge in [0, 0.05) is 0 Å². The molecule has 0 radical (unpaired) electrons. The molecule has 0 bridgehead atoms. The van der Waals surface area contributed by atoms with Crippen molar-refractivity contribution in [1.82, 2.24) is 9.97 Å². The van der Waals surface area contributed by atoms with E-state index in [1.807, 2.05) is 4.98 Å². The van der Waals surface area contributed by atoms with Gasteiger partial charge < -0.3 is 0 Å². The standard InChI is InChI=1S/C4H2ClN3O3/c5-3-2(8(10)11)1-6-4(9)7-3/h1H,(H,6,7,9). The van der Waals surface area contributed by atoms with Crippen molar-refractivity contribution < 1.29 is 4.92 Å². The summed E-state index contributed by atoms with van der Waals surface area (Å²) in [5.41, 5.74) is -1.12. The predicted molar refractivity (Wildman–Crippen MR) is 36.5 cm³/mol. The second-order valence-corrected chi connectivity index (χ2v) is 2.02. The minimum atomic E-state index is -0.731. The Kier molecular flexibility index (Phi) is 1.86. The smallest absolute Gasteiger partial charge is 0.291 e. The van der Waals surface area contributed by atoms with Gasteiger partial charge in [-0.3, -0.25) is 15.1 Å². The van der Waals surface area contributed by atoms with Gasteiger partial charge in [-0.25, -0.2) is 4.79 Å². The van der Waals surface area contributed by atoms with Crippen LogP contribution in [0.3, 0.4) is 0 Å². The molecule has 1 aromatic heterocycles. The first-order chi connectivity index (χ1) is 5.11. The molecule has 1 heterocycles. The maximum absolute atomic E-state index is 10.4. The summed E-state index contributed by atoms with van der Waals surface area (Å²) in [6.07, 6.45) is 0.807. The number of hydrogen-bond donors (Lipinski definition) is 1. The van der Waals surface area contributed by atoms with Crippen LogP contribution in [0.1, 0.15) is 0 Å². The normalized spacial score (nSPS) is 9.55. The fraction of sp³-hybridized carbons (Fsp3) is 0. The zero-order valence-corrected chi connectivity index (χ0v) is 5.83. The fourth-order valence-corrected chi connectivity index (χ4v) is 0.693. The van der Waals surface area contributed by atoms with E-state index in [0.717, 1.165) is 6.20 Å². The zero-order chi connectivity index (χ0) is 8.43. The van der Waals surface area contributed by atoms with Gasteiger partial charge in [0.1, 0.15) is 6.20 Å². The van der Waals surface area contributed by atoms with Crippen molar-refractivity contribution in [2.24, 2.45) is 0 Å². The van der Waals surface area contributed by atoms with Gasteiger partial charge in [-0.05, 0) is 0 Å². The van der Waals surface area contributed by atoms with Gasteiger partial charge in [0.2, 0.25) is 0 Å². The van der Waals surface area contributed by atoms with Crippen LogP contribution in [0.15, 0.2) is 11.0 Å². The molecule has 6 nitrogen and oxygen atoms in total. The van der Waals surface area contributed by atoms with Crippen molar-refractivity contribution in [1.29, 1.82) is 0 Å². The molecule has 0 unspecified atom stereocenters. The molecule has 0 aliphatic carbocycles. The molecule has 0 spiro atoms. The van der Waals surface area contributed by atoms with Crippen molar-refractivity contribution >= 4 is 17.3 Å². The van der Waals surface area contributed by atoms with Crippen molar-refractivity contribution in [3.05, 3.63) is 31.9 Å². The van der Waals surface area contributed by atoms with Crippen molar-refractivity contribution in [2.45, 2.75) is 0 Å². The summed E-state index contributed by atoms with van der Waals surface area (Å²) in [4.78, 5) is 24.9. The molecule has 0 saturated carbocycles. The molecule has 58 valence electrons. The molecule has 1 rings (SSSR count). The Hall–Kier alpha value is -1.43. The molecule has 1 aromatic rings. The van der Waals surface area contributed by atoms with E-state index in [0.29, 0.717) is 0 Å². The molecule has 0 aliphatic rings. The quantitative estimate of drug-likeness (QED) is 0.378. The topological polar surface area (TPSA) is 88.9 Å². The highest BCUT2D eigenvalue weighted by molar-refractivity contribution is 6.31. The third-order valence-electron chi connectivity index (χ3n) is 0.942. The first-order valence-corrected chi connectivity index (χ1v) is 2.88. The summed E-state index contributed by atoms with van der Waals surface area (Å²) in [5, 5.41) is 9.78. The van der Waals surface area contributed by atoms with E-state index < -0.39 is 16.3 Å². The Morgan fingerprint density at radius 2 is 2.36 bits per heavy atom. The lowest BCUT2D eigenvalue weighted by Crippen LogP contribution is -2.10. The molecular weight excluding hydrogens is 174 g/mol. The van der Waals surface area contributed by atoms with E-state index in [1.165, 1.54) is 0 Å². The third kappa shape index (κ3) is 1.53. The minimum Gasteiger partial charge on any atom is -0.291 e. The van der Waals surface area contributed by atoms with Gasteiger partial charge in [-0.15, -0.1) is 0 Å². The first-order valence-electron chi connectivity index (χ1n) is 2.50. The van der Waals surface area contributed by atoms with Crippen LogP contribution in [0.2, 0.25) is 5.15 Å². The Balaban J connectivity index is 3.31. The lowest BCUT2D eigenvalue weighted by molar-refractivity contribution is -0.385. The summed E-state index contributed by atoms with van der Waals surface area (Å²) < 4.78 is 0. The van der Waals surface area contributed by atoms with E-state index in [2.05, 4.69) is 4.98 Å². The molecule has 0 saturated heterocycles. The number of aromatic amines is 1. The lowest BCUT2D eigenvalue weighted by atomic mass is 10.6. The highest BCUT2D eigenvalue weighted by atomic mass is 35.5. The third-order valence-corrected chi connectivity index (χ3v) is 1.23. The Morgan fingerprint density at radius 1 is 1.73 bits per heavy atom. The van der Waals surface area contributed by atoms with Gasteiger partial charge in [0.05, 0.1) is 4.92 Å². The van der Waals surface area contributed by atoms with Crippen LogP contribution in [0, 0.1) is 10.1 Å². The number of rotatable bonds is 1. The van der Waals surface area contributed by atoms with Crippen LogP contribution < -0.4 is 5.69 Å². The highest BCUT2D eigenvalue weighted by Crippen LogP contribution is 2.16. The molecule has 0 aromatic carbocycles. The Morgan fingerprint density at radius 3 is 2.82 bits per heavy atom. The number of nitrogens with zero attached hydrogens (tertiary/aromatic N) is 2. The van der Waals surface area contributed by atoms with Crippen molar-refractivity contribution in [2.75, 3.05) is 0 Å². The first kappa shape index (κ1) is 7.67. The highest BCUT2D eigenvalue weighted by Gasteiger charge is 2.12. The van der Waals surface area contributed by atoms with E-state index in [-0.39, 0.29) is 5.15 Å². The SMILES string of the molecule is O=c1ncc([N+](=O)[O-])c(Cl)[nH]1. The summed E-state index contributed by atoms with van der Waals surface area (Å²) >= 11 is 5.29. The van der Waals surface area contributed by atoms with E-state index in [9.17, 15) is 14.9 Å². The average molecular weight is 176 g/mol. The summed E-state index contributed by atoms with van der Waals surface area (Å²) in [5.74, 6) is 0. The maximum Gasteiger partial charge on any atom is 0.346 e. The number of H-pyrrole nitrogens is 1. The lowest BCUT2D eigenvalue weighted by Gasteiger charge is -1.90. The number of halogens is 1. The molecule has 0 amide bonds. The second kappa shape index (κ2) is 2.67. The van der Waals surface area contributed by atoms with Crippen LogP contribution in [-0.2, 0) is 0 Å². The number of nitrogens with one attached hydrogen (secondary N) is 1. The predicted octanol–water partition coefficient (Wildman–Crippen LogP) is 0.331. The van der Waals surface area contributed by atoms with Gasteiger partial charge in [0.15, 0.2) is 5.15 Å². The summed E-state index contributed by atoms with van der Waals surface area (Å²) in [6.45, 7) is 0. The van der Waals surface area contributed by atoms with Gasteiger partial charge in [-0.2, -0.15) is 4.98 Å². The van der Waals surface area contributed by atoms with Crippen molar-refractivity contribution in [3.63, 3.8) is 0 Å². The molecule has 7 heteroatoms. The molecule has 11 heavy (non-hydrogen) atoms. The minimum absolute atomic E-state index is 0.310. The number of hydrogen-bond acceptors (Lipinski definition) is 4. The van der Waals surface area contributed by atoms with Crippen molar-refractivity contribution in [3.8, 4) is 0 Å². The largest absolute Gasteiger partial charge is 0.346 e. The van der Waals surface area contributed by atoms with Crippen LogP contribution in [0.25, 0.3) is 0 Å². The second-order valence-electron chi connectivity index (χ2n) is 1.64. The van der Waals surface area contributed by atoms with Crippen LogP contribution in [-0.4, -0.2) is 14.9 Å². The zero-order valence-electron chi connectivity index (χ0n) is 5.07. The van der Waals surface area contributed by atoms with Crippen LogP contribution >= 0.6 is 11.6 Å². The molecule has 0 atom stereocenters. The Bertz CT molecular complexity index is 347. The maximum atomic E-state index is 10.4. The van der Waals surface area contributed by atoms with E-state index in [4.69, 9.17) is 11.6 Å². The Labute approximate surface area is 65.0 Å². The molecule has 0 aliphatic heterocycles. The summed E-state index contributed by atoms with van der Waals surface area (Å²) in [7, 11) is 0. The summed E-state index contributed by atoms with van der Waals surface area (Å²) in [6, 6.07) is 0. The van der Waals surface area contributed by atoms with Gasteiger partial charge in [-0.1, -0.05) is 11.6 Å². The van der Waals surface area contributed by atoms with Crippen LogP contribution in [0.4, 0.5) is 5.69 Å². The van der Waals surface area contributed by atoms with E-state index in [1.54, 1.807) is 0 Å². The van der Waals surface area contributed by atoms with Gasteiger partial charge in [0.25, 0.3) is 0 Å². The molecule has 1 N–H and O–H groups in total. The molecular formula is C4H2ClN3O3.